The Kier molecular flexibility index (Phi) is 4.73. The van der Waals surface area contributed by atoms with Crippen LogP contribution in [0.2, 0.25) is 0 Å². The molecule has 0 aliphatic carbocycles. The van der Waals surface area contributed by atoms with Gasteiger partial charge in [-0.1, -0.05) is 20.8 Å². The van der Waals surface area contributed by atoms with Gasteiger partial charge in [-0.3, -0.25) is 0 Å². The van der Waals surface area contributed by atoms with Gasteiger partial charge in [-0.25, -0.2) is 9.78 Å². The first-order valence-electron chi connectivity index (χ1n) is 5.38. The third kappa shape index (κ3) is 3.20. The fourth-order valence-electron chi connectivity index (χ4n) is 1.44. The van der Waals surface area contributed by atoms with Crippen LogP contribution in [0, 0.1) is 5.92 Å². The van der Waals surface area contributed by atoms with E-state index in [9.17, 15) is 4.79 Å². The highest BCUT2D eigenvalue weighted by atomic mass is 32.1. The number of rotatable bonds is 5. The Balaban J connectivity index is 2.67. The Hall–Kier alpha value is -1.10. The Morgan fingerprint density at radius 1 is 1.62 bits per heavy atom. The quantitative estimate of drug-likeness (QED) is 0.807. The molecule has 0 amide bonds. The van der Waals surface area contributed by atoms with Crippen LogP contribution in [0.3, 0.4) is 0 Å². The predicted molar refractivity (Wildman–Crippen MR) is 66.0 cm³/mol. The molecule has 0 aromatic carbocycles. The number of thiazole rings is 1. The van der Waals surface area contributed by atoms with Gasteiger partial charge in [-0.05, 0) is 12.3 Å². The molecule has 0 spiro atoms. The number of anilines is 1. The molecule has 0 aliphatic rings. The van der Waals surface area contributed by atoms with Crippen molar-refractivity contribution in [2.45, 2.75) is 33.2 Å². The Bertz CT molecular complexity index is 350. The molecule has 1 heterocycles. The summed E-state index contributed by atoms with van der Waals surface area (Å²) in [6.45, 7) is 6.46. The van der Waals surface area contributed by atoms with Crippen LogP contribution in [0.1, 0.15) is 37.7 Å². The smallest absolute Gasteiger partial charge is 0.357 e. The molecule has 1 aromatic heterocycles. The van der Waals surface area contributed by atoms with Crippen molar-refractivity contribution < 1.29 is 9.53 Å². The van der Waals surface area contributed by atoms with Crippen molar-refractivity contribution in [3.63, 3.8) is 0 Å². The summed E-state index contributed by atoms with van der Waals surface area (Å²) in [5.41, 5.74) is 0.369. The number of methoxy groups -OCH3 is 1. The number of nitrogens with one attached hydrogen (secondary N) is 1. The fourth-order valence-corrected chi connectivity index (χ4v) is 2.18. The summed E-state index contributed by atoms with van der Waals surface area (Å²) < 4.78 is 4.61. The largest absolute Gasteiger partial charge is 0.464 e. The maximum atomic E-state index is 11.2. The third-order valence-corrected chi connectivity index (χ3v) is 3.23. The minimum absolute atomic E-state index is 0.369. The van der Waals surface area contributed by atoms with Gasteiger partial charge in [0.05, 0.1) is 7.11 Å². The van der Waals surface area contributed by atoms with E-state index in [4.69, 9.17) is 0 Å². The van der Waals surface area contributed by atoms with Gasteiger partial charge in [0.15, 0.2) is 10.8 Å². The molecule has 1 atom stereocenters. The lowest BCUT2D eigenvalue weighted by Crippen LogP contribution is -2.24. The highest BCUT2D eigenvalue weighted by molar-refractivity contribution is 7.13. The maximum Gasteiger partial charge on any atom is 0.357 e. The molecular formula is C11H18N2O2S. The van der Waals surface area contributed by atoms with Crippen molar-refractivity contribution in [1.82, 2.24) is 4.98 Å². The Morgan fingerprint density at radius 2 is 2.31 bits per heavy atom. The van der Waals surface area contributed by atoms with Crippen LogP contribution in [0.4, 0.5) is 5.13 Å². The predicted octanol–water partition coefficient (Wildman–Crippen LogP) is 2.78. The average Bonchev–Trinajstić information content (AvgIpc) is 2.72. The molecule has 0 saturated carbocycles. The summed E-state index contributed by atoms with van der Waals surface area (Å²) in [4.78, 5) is 15.4. The lowest BCUT2D eigenvalue weighted by molar-refractivity contribution is 0.0595. The van der Waals surface area contributed by atoms with Crippen molar-refractivity contribution in [3.05, 3.63) is 11.1 Å². The molecule has 0 aliphatic heterocycles. The molecule has 1 aromatic rings. The summed E-state index contributed by atoms with van der Waals surface area (Å²) in [6.07, 6.45) is 1.03. The molecule has 0 radical (unpaired) electrons. The zero-order valence-electron chi connectivity index (χ0n) is 10.1. The minimum Gasteiger partial charge on any atom is -0.464 e. The highest BCUT2D eigenvalue weighted by Crippen LogP contribution is 2.20. The van der Waals surface area contributed by atoms with Crippen molar-refractivity contribution in [2.75, 3.05) is 12.4 Å². The number of nitrogens with zero attached hydrogens (tertiary/aromatic N) is 1. The second kappa shape index (κ2) is 5.84. The molecule has 0 saturated heterocycles. The van der Waals surface area contributed by atoms with E-state index < -0.39 is 0 Å². The third-order valence-electron chi connectivity index (χ3n) is 2.45. The molecule has 5 heteroatoms. The first-order valence-corrected chi connectivity index (χ1v) is 6.26. The molecular weight excluding hydrogens is 224 g/mol. The normalized spacial score (nSPS) is 12.6. The van der Waals surface area contributed by atoms with Crippen molar-refractivity contribution in [2.24, 2.45) is 5.92 Å². The van der Waals surface area contributed by atoms with Gasteiger partial charge < -0.3 is 10.1 Å². The van der Waals surface area contributed by atoms with Crippen LogP contribution >= 0.6 is 11.3 Å². The fraction of sp³-hybridized carbons (Fsp3) is 0.636. The van der Waals surface area contributed by atoms with Gasteiger partial charge in [0.25, 0.3) is 0 Å². The van der Waals surface area contributed by atoms with E-state index in [1.165, 1.54) is 18.4 Å². The molecule has 4 nitrogen and oxygen atoms in total. The zero-order chi connectivity index (χ0) is 12.1. The van der Waals surface area contributed by atoms with Crippen molar-refractivity contribution >= 4 is 22.4 Å². The summed E-state index contributed by atoms with van der Waals surface area (Å²) in [7, 11) is 1.36. The van der Waals surface area contributed by atoms with Crippen LogP contribution in [-0.4, -0.2) is 24.1 Å². The monoisotopic (exact) mass is 242 g/mol. The summed E-state index contributed by atoms with van der Waals surface area (Å²) in [5.74, 6) is 0.150. The number of aromatic nitrogens is 1. The number of esters is 1. The molecule has 1 unspecified atom stereocenters. The molecule has 1 N–H and O–H groups in total. The van der Waals surface area contributed by atoms with Gasteiger partial charge in [0.2, 0.25) is 0 Å². The topological polar surface area (TPSA) is 51.2 Å². The number of hydrogen-bond acceptors (Lipinski definition) is 5. The van der Waals surface area contributed by atoms with E-state index in [1.807, 2.05) is 0 Å². The highest BCUT2D eigenvalue weighted by Gasteiger charge is 2.15. The molecule has 0 bridgehead atoms. The molecule has 16 heavy (non-hydrogen) atoms. The minimum atomic E-state index is -0.387. The standard InChI is InChI=1S/C11H18N2O2S/c1-5-8(7(2)3)12-11-13-9(6-16-11)10(14)15-4/h6-8H,5H2,1-4H3,(H,12,13). The Morgan fingerprint density at radius 3 is 2.81 bits per heavy atom. The van der Waals surface area contributed by atoms with Crippen LogP contribution in [-0.2, 0) is 4.74 Å². The lowest BCUT2D eigenvalue weighted by Gasteiger charge is -2.19. The van der Waals surface area contributed by atoms with Gasteiger partial charge in [-0.15, -0.1) is 11.3 Å². The summed E-state index contributed by atoms with van der Waals surface area (Å²) >= 11 is 1.43. The van der Waals surface area contributed by atoms with Gasteiger partial charge in [0, 0.05) is 11.4 Å². The van der Waals surface area contributed by atoms with E-state index in [0.717, 1.165) is 11.6 Å². The SMILES string of the molecule is CCC(Nc1nc(C(=O)OC)cs1)C(C)C. The van der Waals surface area contributed by atoms with E-state index in [0.29, 0.717) is 17.7 Å². The van der Waals surface area contributed by atoms with Gasteiger partial charge in [-0.2, -0.15) is 0 Å². The van der Waals surface area contributed by atoms with Crippen molar-refractivity contribution in [3.8, 4) is 0 Å². The zero-order valence-corrected chi connectivity index (χ0v) is 10.9. The van der Waals surface area contributed by atoms with Crippen LogP contribution in [0.15, 0.2) is 5.38 Å². The average molecular weight is 242 g/mol. The first kappa shape index (κ1) is 13.0. The molecule has 1 rings (SSSR count). The van der Waals surface area contributed by atoms with Crippen LogP contribution < -0.4 is 5.32 Å². The number of carbonyl (C=O) groups is 1. The number of hydrogen-bond donors (Lipinski definition) is 1. The summed E-state index contributed by atoms with van der Waals surface area (Å²) in [6, 6.07) is 0.386. The molecule has 0 fully saturated rings. The van der Waals surface area contributed by atoms with Crippen LogP contribution in [0.25, 0.3) is 0 Å². The first-order chi connectivity index (χ1) is 7.58. The number of ether oxygens (including phenoxy) is 1. The van der Waals surface area contributed by atoms with E-state index >= 15 is 0 Å². The van der Waals surface area contributed by atoms with Crippen LogP contribution in [0.5, 0.6) is 0 Å². The van der Waals surface area contributed by atoms with Crippen molar-refractivity contribution in [1.29, 1.82) is 0 Å². The van der Waals surface area contributed by atoms with E-state index in [2.05, 4.69) is 35.8 Å². The maximum absolute atomic E-state index is 11.2. The Labute approximate surface area is 100 Å². The lowest BCUT2D eigenvalue weighted by atomic mass is 10.0. The number of carbonyl (C=O) groups excluding carboxylic acids is 1. The summed E-state index contributed by atoms with van der Waals surface area (Å²) in [5, 5.41) is 5.82. The van der Waals surface area contributed by atoms with E-state index in [1.54, 1.807) is 5.38 Å². The van der Waals surface area contributed by atoms with Gasteiger partial charge >= 0.3 is 5.97 Å². The second-order valence-corrected chi connectivity index (χ2v) is 4.79. The van der Waals surface area contributed by atoms with Gasteiger partial charge in [0.1, 0.15) is 0 Å². The molecule has 90 valence electrons. The van der Waals surface area contributed by atoms with E-state index in [-0.39, 0.29) is 5.97 Å². The second-order valence-electron chi connectivity index (χ2n) is 3.93.